The lowest BCUT2D eigenvalue weighted by molar-refractivity contribution is 0.587. The minimum absolute atomic E-state index is 0.120. The van der Waals surface area contributed by atoms with Crippen LogP contribution in [-0.4, -0.2) is 0 Å². The number of fused-ring (bicyclic) bond motifs is 18. The first-order valence-electron chi connectivity index (χ1n) is 47.1. The molecule has 6 aromatic heterocycles. The van der Waals surface area contributed by atoms with E-state index in [1.807, 2.05) is 36.4 Å². The van der Waals surface area contributed by atoms with Gasteiger partial charge in [0.15, 0.2) is 0 Å². The molecule has 6 nitrogen and oxygen atoms in total. The normalized spacial score (nSPS) is 11.8. The van der Waals surface area contributed by atoms with Crippen molar-refractivity contribution in [2.24, 2.45) is 0 Å². The summed E-state index contributed by atoms with van der Waals surface area (Å²) in [7, 11) is 0. The highest BCUT2D eigenvalue weighted by atomic mass is 16.3. The summed E-state index contributed by atoms with van der Waals surface area (Å²) in [5.74, 6) is 2.03. The quantitative estimate of drug-likeness (QED) is 0.136. The van der Waals surface area contributed by atoms with Crippen LogP contribution in [0.1, 0.15) is 154 Å². The lowest BCUT2D eigenvalue weighted by atomic mass is 9.86. The Hall–Kier alpha value is -15.2. The first-order valence-corrected chi connectivity index (χ1v) is 47.1. The molecule has 660 valence electrons. The van der Waals surface area contributed by atoms with Crippen LogP contribution in [0.4, 0.5) is 0 Å². The van der Waals surface area contributed by atoms with Crippen molar-refractivity contribution >= 4 is 132 Å². The Morgan fingerprint density at radius 2 is 0.493 bits per heavy atom. The third-order valence-electron chi connectivity index (χ3n) is 26.0. The average molecular weight is 1750 g/mol. The van der Waals surface area contributed by atoms with Gasteiger partial charge in [-0.15, -0.1) is 0 Å². The number of hydrogen-bond donors (Lipinski definition) is 0. The van der Waals surface area contributed by atoms with Crippen molar-refractivity contribution in [3.63, 3.8) is 0 Å². The van der Waals surface area contributed by atoms with Crippen molar-refractivity contribution in [2.75, 3.05) is 0 Å². The van der Waals surface area contributed by atoms with E-state index in [1.54, 1.807) is 0 Å². The summed E-state index contributed by atoms with van der Waals surface area (Å²) < 4.78 is 36.7. The van der Waals surface area contributed by atoms with Gasteiger partial charge < -0.3 is 26.5 Å². The Labute approximate surface area is 784 Å². The number of para-hydroxylation sites is 2. The van der Waals surface area contributed by atoms with Crippen molar-refractivity contribution in [3.8, 4) is 66.8 Å². The molecule has 0 N–H and O–H groups in total. The van der Waals surface area contributed by atoms with Crippen LogP contribution in [0.3, 0.4) is 0 Å². The van der Waals surface area contributed by atoms with Gasteiger partial charge in [-0.05, 0) is 221 Å². The highest BCUT2D eigenvalue weighted by Gasteiger charge is 2.23. The molecule has 134 heavy (non-hydrogen) atoms. The fourth-order valence-electron chi connectivity index (χ4n) is 18.5. The molecular weight excluding hydrogens is 1630 g/mol. The third kappa shape index (κ3) is 18.1. The van der Waals surface area contributed by atoms with Gasteiger partial charge in [-0.3, -0.25) is 0 Å². The van der Waals surface area contributed by atoms with E-state index in [9.17, 15) is 0 Å². The summed E-state index contributed by atoms with van der Waals surface area (Å²) in [6, 6.07) is 140. The summed E-state index contributed by atoms with van der Waals surface area (Å²) >= 11 is 0. The van der Waals surface area contributed by atoms with E-state index in [0.29, 0.717) is 23.7 Å². The van der Waals surface area contributed by atoms with E-state index < -0.39 is 0 Å². The monoisotopic (exact) mass is 1740 g/mol. The number of benzene rings is 18. The smallest absolute Gasteiger partial charge is 0.143 e. The fourth-order valence-corrected chi connectivity index (χ4v) is 18.5. The van der Waals surface area contributed by atoms with Crippen LogP contribution >= 0.6 is 0 Å². The molecule has 0 fully saturated rings. The Bertz CT molecular complexity index is 8260. The Morgan fingerprint density at radius 3 is 0.993 bits per heavy atom. The second-order valence-electron chi connectivity index (χ2n) is 38.5. The van der Waals surface area contributed by atoms with E-state index in [2.05, 4.69) is 461 Å². The molecule has 24 rings (SSSR count). The maximum atomic E-state index is 6.23. The van der Waals surface area contributed by atoms with Gasteiger partial charge in [-0.25, -0.2) is 0 Å². The molecule has 0 bridgehead atoms. The average Bonchev–Trinajstić information content (AvgIpc) is 1.61. The summed E-state index contributed by atoms with van der Waals surface area (Å²) in [6.07, 6.45) is 0. The summed E-state index contributed by atoms with van der Waals surface area (Å²) in [4.78, 5) is 0. The second kappa shape index (κ2) is 37.6. The number of hydrogen-bond acceptors (Lipinski definition) is 6. The molecule has 6 heteroatoms. The van der Waals surface area contributed by atoms with E-state index in [-0.39, 0.29) is 10.8 Å². The van der Waals surface area contributed by atoms with Crippen molar-refractivity contribution in [3.05, 3.63) is 434 Å². The molecule has 0 aliphatic rings. The van der Waals surface area contributed by atoms with Gasteiger partial charge in [0.2, 0.25) is 0 Å². The molecule has 24 aromatic rings. The predicted molar refractivity (Wildman–Crippen MR) is 569 cm³/mol. The van der Waals surface area contributed by atoms with Gasteiger partial charge in [-0.2, -0.15) is 0 Å². The van der Waals surface area contributed by atoms with E-state index in [4.69, 9.17) is 26.5 Å². The maximum absolute atomic E-state index is 6.23. The van der Waals surface area contributed by atoms with Crippen LogP contribution in [0.15, 0.2) is 427 Å². The van der Waals surface area contributed by atoms with Crippen LogP contribution in [0.5, 0.6) is 0 Å². The maximum Gasteiger partial charge on any atom is 0.143 e. The van der Waals surface area contributed by atoms with E-state index in [0.717, 1.165) is 78.1 Å². The standard InChI is InChI=1S/2C22H20O.4C21H18O/c1-22(2,3)16-12-13-18-20(14-16)23-19-11-7-10-17(21(18)19)15-8-5-4-6-9-15;1-22(2,3)17-10-12-20-19(14-17)18-11-9-16(13-21(18)23-20)15-7-5-4-6-8-15;1-14(2)16-10-7-13-19-20(16)18-12-6-11-17(21(18)22-19)15-8-4-3-5-9-15;1-14(2)16-11-12-19-18(13-16)21-17(9-6-10-20(21)22-19)15-7-4-3-5-8-15;1-14(2)16-11-12-20-19(13-16)18-10-6-9-17(21(18)22-20)15-7-4-3-5-8-15;1-14(2)16-8-10-20-18(12-16)19-13-17(9-11-21(19)22-20)15-6-4-3-5-7-15/h2*4-14H,1-3H3;4*3-14H,1-2H3. The summed E-state index contributed by atoms with van der Waals surface area (Å²) in [5.41, 5.74) is 34.3. The van der Waals surface area contributed by atoms with Gasteiger partial charge in [-0.1, -0.05) is 400 Å². The lowest BCUT2D eigenvalue weighted by Gasteiger charge is -2.18. The second-order valence-corrected chi connectivity index (χ2v) is 38.5. The lowest BCUT2D eigenvalue weighted by Crippen LogP contribution is -2.10. The minimum atomic E-state index is 0.120. The molecule has 0 radical (unpaired) electrons. The zero-order valence-corrected chi connectivity index (χ0v) is 78.9. The summed E-state index contributed by atoms with van der Waals surface area (Å²) in [6.45, 7) is 31.2. The summed E-state index contributed by atoms with van der Waals surface area (Å²) in [5, 5.41) is 14.5. The molecule has 0 saturated heterocycles. The molecule has 0 amide bonds. The number of rotatable bonds is 10. The van der Waals surface area contributed by atoms with Crippen molar-refractivity contribution in [2.45, 2.75) is 131 Å². The predicted octanol–water partition coefficient (Wildman–Crippen LogP) is 38.6. The Kier molecular flexibility index (Phi) is 24.7. The van der Waals surface area contributed by atoms with Crippen LogP contribution in [0.25, 0.3) is 198 Å². The van der Waals surface area contributed by atoms with E-state index >= 15 is 0 Å². The Morgan fingerprint density at radius 1 is 0.172 bits per heavy atom. The largest absolute Gasteiger partial charge is 0.456 e. The molecule has 18 aromatic carbocycles. The molecule has 0 unspecified atom stereocenters. The Balaban J connectivity index is 0.000000103. The van der Waals surface area contributed by atoms with Crippen molar-refractivity contribution < 1.29 is 26.5 Å². The molecule has 6 heterocycles. The zero-order chi connectivity index (χ0) is 92.5. The molecule has 0 saturated carbocycles. The molecular formula is C128H112O6. The van der Waals surface area contributed by atoms with Crippen LogP contribution in [0, 0.1) is 0 Å². The van der Waals surface area contributed by atoms with Crippen LogP contribution in [-0.2, 0) is 10.8 Å². The van der Waals surface area contributed by atoms with Gasteiger partial charge in [0.25, 0.3) is 0 Å². The fraction of sp³-hybridized carbons (Fsp3) is 0.156. The van der Waals surface area contributed by atoms with Crippen molar-refractivity contribution in [1.29, 1.82) is 0 Å². The third-order valence-corrected chi connectivity index (χ3v) is 26.0. The highest BCUT2D eigenvalue weighted by Crippen LogP contribution is 2.45. The van der Waals surface area contributed by atoms with Crippen LogP contribution in [0.2, 0.25) is 0 Å². The molecule has 0 aliphatic carbocycles. The van der Waals surface area contributed by atoms with E-state index in [1.165, 1.54) is 154 Å². The zero-order valence-electron chi connectivity index (χ0n) is 78.9. The highest BCUT2D eigenvalue weighted by molar-refractivity contribution is 6.16. The minimum Gasteiger partial charge on any atom is -0.456 e. The molecule has 0 aliphatic heterocycles. The topological polar surface area (TPSA) is 78.8 Å². The first-order chi connectivity index (χ1) is 65.0. The van der Waals surface area contributed by atoms with Gasteiger partial charge in [0.1, 0.15) is 67.0 Å². The van der Waals surface area contributed by atoms with Gasteiger partial charge in [0, 0.05) is 75.8 Å². The SMILES string of the molecule is CC(C)(C)c1ccc2c(c1)oc1cccc(-c3ccccc3)c12.CC(C)(C)c1ccc2oc3cc(-c4ccccc4)ccc3c2c1.CC(C)c1ccc2oc3c(-c4ccccc4)cccc3c2c1.CC(C)c1ccc2oc3ccc(-c4ccccc4)cc3c2c1.CC(C)c1ccc2oc3cccc(-c4ccccc4)c3c2c1.CC(C)c1cccc2oc3c(-c4ccccc4)cccc3c12. The number of furan rings is 6. The van der Waals surface area contributed by atoms with Gasteiger partial charge >= 0.3 is 0 Å². The molecule has 0 atom stereocenters. The van der Waals surface area contributed by atoms with Gasteiger partial charge in [0.05, 0.1) is 0 Å². The van der Waals surface area contributed by atoms with Crippen molar-refractivity contribution in [1.82, 2.24) is 0 Å². The molecule has 0 spiro atoms. The van der Waals surface area contributed by atoms with Crippen LogP contribution < -0.4 is 0 Å². The first kappa shape index (κ1) is 88.1.